The first-order valence-electron chi connectivity index (χ1n) is 9.08. The van der Waals surface area contributed by atoms with Crippen molar-refractivity contribution < 1.29 is 9.59 Å². The number of piperazine rings is 1. The van der Waals surface area contributed by atoms with Crippen molar-refractivity contribution in [3.8, 4) is 0 Å². The average molecular weight is 430 g/mol. The van der Waals surface area contributed by atoms with Gasteiger partial charge in [0, 0.05) is 36.3 Å². The SMILES string of the molecule is Cc1cccc(C)c1NC(=O)CN1CCN(C(=O)c2ccccc2Br)CC1. The number of carbonyl (C=O) groups excluding carboxylic acids is 2. The lowest BCUT2D eigenvalue weighted by Gasteiger charge is -2.34. The molecule has 1 aliphatic heterocycles. The number of carbonyl (C=O) groups is 2. The summed E-state index contributed by atoms with van der Waals surface area (Å²) in [6, 6.07) is 13.4. The number of nitrogens with one attached hydrogen (secondary N) is 1. The Balaban J connectivity index is 1.53. The van der Waals surface area contributed by atoms with E-state index in [1.54, 1.807) is 0 Å². The molecule has 0 bridgehead atoms. The number of hydrogen-bond acceptors (Lipinski definition) is 3. The number of rotatable bonds is 4. The third kappa shape index (κ3) is 4.76. The van der Waals surface area contributed by atoms with Crippen LogP contribution < -0.4 is 5.32 Å². The Bertz CT molecular complexity index is 825. The van der Waals surface area contributed by atoms with Crippen molar-refractivity contribution in [1.82, 2.24) is 9.80 Å². The number of aryl methyl sites for hydroxylation is 2. The van der Waals surface area contributed by atoms with Crippen LogP contribution in [0.25, 0.3) is 0 Å². The highest BCUT2D eigenvalue weighted by molar-refractivity contribution is 9.10. The van der Waals surface area contributed by atoms with E-state index < -0.39 is 0 Å². The largest absolute Gasteiger partial charge is 0.336 e. The van der Waals surface area contributed by atoms with Crippen LogP contribution in [0.4, 0.5) is 5.69 Å². The number of anilines is 1. The van der Waals surface area contributed by atoms with Gasteiger partial charge in [-0.1, -0.05) is 30.3 Å². The fraction of sp³-hybridized carbons (Fsp3) is 0.333. The van der Waals surface area contributed by atoms with Gasteiger partial charge >= 0.3 is 0 Å². The van der Waals surface area contributed by atoms with Gasteiger partial charge in [-0.15, -0.1) is 0 Å². The molecule has 6 heteroatoms. The first-order valence-corrected chi connectivity index (χ1v) is 9.87. The minimum Gasteiger partial charge on any atom is -0.336 e. The number of para-hydroxylation sites is 1. The predicted molar refractivity (Wildman–Crippen MR) is 111 cm³/mol. The maximum atomic E-state index is 12.7. The smallest absolute Gasteiger partial charge is 0.255 e. The van der Waals surface area contributed by atoms with E-state index in [-0.39, 0.29) is 11.8 Å². The van der Waals surface area contributed by atoms with Gasteiger partial charge in [0.2, 0.25) is 5.91 Å². The highest BCUT2D eigenvalue weighted by Crippen LogP contribution is 2.20. The number of nitrogens with zero attached hydrogens (tertiary/aromatic N) is 2. The molecule has 0 aliphatic carbocycles. The molecule has 0 radical (unpaired) electrons. The van der Waals surface area contributed by atoms with Gasteiger partial charge in [0.1, 0.15) is 0 Å². The van der Waals surface area contributed by atoms with Gasteiger partial charge in [0.05, 0.1) is 12.1 Å². The summed E-state index contributed by atoms with van der Waals surface area (Å²) in [6.45, 7) is 6.95. The van der Waals surface area contributed by atoms with E-state index in [9.17, 15) is 9.59 Å². The maximum Gasteiger partial charge on any atom is 0.255 e. The second-order valence-corrected chi connectivity index (χ2v) is 7.72. The van der Waals surface area contributed by atoms with Crippen molar-refractivity contribution in [2.75, 3.05) is 38.0 Å². The Morgan fingerprint density at radius 2 is 1.59 bits per heavy atom. The van der Waals surface area contributed by atoms with Crippen LogP contribution in [0, 0.1) is 13.8 Å². The molecule has 1 fully saturated rings. The van der Waals surface area contributed by atoms with Crippen molar-refractivity contribution in [2.45, 2.75) is 13.8 Å². The maximum absolute atomic E-state index is 12.7. The Morgan fingerprint density at radius 3 is 2.22 bits per heavy atom. The molecule has 142 valence electrons. The standard InChI is InChI=1S/C21H24BrN3O2/c1-15-6-5-7-16(2)20(15)23-19(26)14-24-10-12-25(13-11-24)21(27)17-8-3-4-9-18(17)22/h3-9H,10-14H2,1-2H3,(H,23,26). The molecular formula is C21H24BrN3O2. The van der Waals surface area contributed by atoms with Crippen molar-refractivity contribution in [2.24, 2.45) is 0 Å². The molecule has 1 saturated heterocycles. The lowest BCUT2D eigenvalue weighted by molar-refractivity contribution is -0.117. The topological polar surface area (TPSA) is 52.7 Å². The van der Waals surface area contributed by atoms with Gasteiger partial charge in [-0.25, -0.2) is 0 Å². The van der Waals surface area contributed by atoms with Gasteiger partial charge in [-0.3, -0.25) is 14.5 Å². The molecule has 0 unspecified atom stereocenters. The third-order valence-corrected chi connectivity index (χ3v) is 5.57. The van der Waals surface area contributed by atoms with Crippen LogP contribution in [0.2, 0.25) is 0 Å². The van der Waals surface area contributed by atoms with Crippen LogP contribution in [0.1, 0.15) is 21.5 Å². The minimum atomic E-state index is -0.0158. The number of hydrogen-bond donors (Lipinski definition) is 1. The van der Waals surface area contributed by atoms with E-state index in [0.29, 0.717) is 38.3 Å². The number of halogens is 1. The van der Waals surface area contributed by atoms with E-state index in [1.807, 2.05) is 61.2 Å². The Kier molecular flexibility index (Phi) is 6.29. The van der Waals surface area contributed by atoms with Gasteiger partial charge in [0.15, 0.2) is 0 Å². The summed E-state index contributed by atoms with van der Waals surface area (Å²) in [5.74, 6) is 0.0140. The zero-order valence-corrected chi connectivity index (χ0v) is 17.3. The van der Waals surface area contributed by atoms with Crippen LogP contribution in [0.15, 0.2) is 46.9 Å². The zero-order chi connectivity index (χ0) is 19.4. The highest BCUT2D eigenvalue weighted by Gasteiger charge is 2.24. The summed E-state index contributed by atoms with van der Waals surface area (Å²) in [5.41, 5.74) is 3.70. The third-order valence-electron chi connectivity index (χ3n) is 4.88. The predicted octanol–water partition coefficient (Wildman–Crippen LogP) is 3.46. The summed E-state index contributed by atoms with van der Waals surface area (Å²) in [4.78, 5) is 29.0. The first-order chi connectivity index (χ1) is 13.0. The fourth-order valence-corrected chi connectivity index (χ4v) is 3.76. The number of amides is 2. The summed E-state index contributed by atoms with van der Waals surface area (Å²) >= 11 is 3.44. The molecule has 5 nitrogen and oxygen atoms in total. The highest BCUT2D eigenvalue weighted by atomic mass is 79.9. The summed E-state index contributed by atoms with van der Waals surface area (Å²) < 4.78 is 0.811. The van der Waals surface area contributed by atoms with Crippen molar-refractivity contribution >= 4 is 33.4 Å². The molecule has 2 amide bonds. The molecule has 1 heterocycles. The van der Waals surface area contributed by atoms with E-state index in [4.69, 9.17) is 0 Å². The van der Waals surface area contributed by atoms with Crippen molar-refractivity contribution in [3.05, 3.63) is 63.6 Å². The van der Waals surface area contributed by atoms with E-state index in [0.717, 1.165) is 21.3 Å². The quantitative estimate of drug-likeness (QED) is 0.809. The van der Waals surface area contributed by atoms with Crippen molar-refractivity contribution in [1.29, 1.82) is 0 Å². The molecule has 0 aromatic heterocycles. The van der Waals surface area contributed by atoms with Crippen LogP contribution in [-0.4, -0.2) is 54.3 Å². The van der Waals surface area contributed by atoms with Crippen LogP contribution in [0.3, 0.4) is 0 Å². The molecule has 3 rings (SSSR count). The van der Waals surface area contributed by atoms with E-state index in [1.165, 1.54) is 0 Å². The zero-order valence-electron chi connectivity index (χ0n) is 15.7. The molecule has 1 N–H and O–H groups in total. The Labute approximate surface area is 168 Å². The van der Waals surface area contributed by atoms with Gasteiger partial charge < -0.3 is 10.2 Å². The second-order valence-electron chi connectivity index (χ2n) is 6.86. The van der Waals surface area contributed by atoms with Crippen molar-refractivity contribution in [3.63, 3.8) is 0 Å². The lowest BCUT2D eigenvalue weighted by Crippen LogP contribution is -2.50. The average Bonchev–Trinajstić information content (AvgIpc) is 2.65. The second kappa shape index (κ2) is 8.67. The number of benzene rings is 2. The molecule has 0 atom stereocenters. The Hall–Kier alpha value is -2.18. The minimum absolute atomic E-state index is 0.0158. The summed E-state index contributed by atoms with van der Waals surface area (Å²) in [7, 11) is 0. The molecule has 0 spiro atoms. The fourth-order valence-electron chi connectivity index (χ4n) is 3.31. The van der Waals surface area contributed by atoms with Crippen LogP contribution in [0.5, 0.6) is 0 Å². The van der Waals surface area contributed by atoms with Gasteiger partial charge in [-0.2, -0.15) is 0 Å². The molecule has 0 saturated carbocycles. The molecule has 2 aromatic rings. The molecule has 1 aliphatic rings. The lowest BCUT2D eigenvalue weighted by atomic mass is 10.1. The summed E-state index contributed by atoms with van der Waals surface area (Å²) in [6.07, 6.45) is 0. The van der Waals surface area contributed by atoms with E-state index >= 15 is 0 Å². The monoisotopic (exact) mass is 429 g/mol. The van der Waals surface area contributed by atoms with Crippen LogP contribution >= 0.6 is 15.9 Å². The van der Waals surface area contributed by atoms with Gasteiger partial charge in [0.25, 0.3) is 5.91 Å². The summed E-state index contributed by atoms with van der Waals surface area (Å²) in [5, 5.41) is 3.03. The van der Waals surface area contributed by atoms with E-state index in [2.05, 4.69) is 26.1 Å². The van der Waals surface area contributed by atoms with Crippen LogP contribution in [-0.2, 0) is 4.79 Å². The molecular weight excluding hydrogens is 406 g/mol. The molecule has 2 aromatic carbocycles. The Morgan fingerprint density at radius 1 is 0.963 bits per heavy atom. The first kappa shape index (κ1) is 19.6. The van der Waals surface area contributed by atoms with Gasteiger partial charge in [-0.05, 0) is 53.0 Å². The normalized spacial score (nSPS) is 14.9. The molecule has 27 heavy (non-hydrogen) atoms.